The van der Waals surface area contributed by atoms with E-state index in [4.69, 9.17) is 21.6 Å². The van der Waals surface area contributed by atoms with Gasteiger partial charge in [0.15, 0.2) is 17.4 Å². The summed E-state index contributed by atoms with van der Waals surface area (Å²) < 4.78 is 47.3. The van der Waals surface area contributed by atoms with Gasteiger partial charge >= 0.3 is 0 Å². The number of nitriles is 1. The SMILES string of the molecule is Cc1nn(-c2ccc(C#N)c(Cl)c2)c(C)c1COc1c(F)cc(F)cc1F. The molecule has 3 aromatic rings. The molecule has 0 unspecified atom stereocenters. The number of aromatic nitrogens is 2. The van der Waals surface area contributed by atoms with Crippen molar-refractivity contribution >= 4 is 11.6 Å². The molecule has 1 heterocycles. The minimum absolute atomic E-state index is 0.152. The Morgan fingerprint density at radius 3 is 2.41 bits per heavy atom. The lowest BCUT2D eigenvalue weighted by atomic mass is 10.2. The molecule has 0 aliphatic heterocycles. The minimum Gasteiger partial charge on any atom is -0.483 e. The normalized spacial score (nSPS) is 10.7. The third kappa shape index (κ3) is 3.62. The Kier molecular flexibility index (Phi) is 5.10. The molecule has 3 rings (SSSR count). The summed E-state index contributed by atoms with van der Waals surface area (Å²) in [5.74, 6) is -3.90. The number of halogens is 4. The van der Waals surface area contributed by atoms with Gasteiger partial charge < -0.3 is 4.74 Å². The van der Waals surface area contributed by atoms with Crippen LogP contribution >= 0.6 is 11.6 Å². The van der Waals surface area contributed by atoms with Crippen LogP contribution < -0.4 is 4.74 Å². The second-order valence-corrected chi connectivity index (χ2v) is 6.23. The van der Waals surface area contributed by atoms with Crippen molar-refractivity contribution in [2.24, 2.45) is 0 Å². The molecule has 0 amide bonds. The van der Waals surface area contributed by atoms with E-state index >= 15 is 0 Å². The highest BCUT2D eigenvalue weighted by Crippen LogP contribution is 2.26. The summed E-state index contributed by atoms with van der Waals surface area (Å²) in [6.07, 6.45) is 0. The molecule has 27 heavy (non-hydrogen) atoms. The van der Waals surface area contributed by atoms with Gasteiger partial charge in [-0.05, 0) is 32.0 Å². The van der Waals surface area contributed by atoms with Crippen LogP contribution in [0.2, 0.25) is 5.02 Å². The Morgan fingerprint density at radius 2 is 1.81 bits per heavy atom. The zero-order valence-electron chi connectivity index (χ0n) is 14.4. The lowest BCUT2D eigenvalue weighted by Gasteiger charge is -2.10. The third-order valence-corrected chi connectivity index (χ3v) is 4.40. The van der Waals surface area contributed by atoms with Gasteiger partial charge in [-0.3, -0.25) is 0 Å². The van der Waals surface area contributed by atoms with E-state index in [-0.39, 0.29) is 11.6 Å². The molecule has 0 atom stereocenters. The van der Waals surface area contributed by atoms with E-state index in [2.05, 4.69) is 5.10 Å². The van der Waals surface area contributed by atoms with Gasteiger partial charge in [0, 0.05) is 23.4 Å². The first-order chi connectivity index (χ1) is 12.8. The van der Waals surface area contributed by atoms with Crippen molar-refractivity contribution in [3.63, 3.8) is 0 Å². The summed E-state index contributed by atoms with van der Waals surface area (Å²) >= 11 is 6.06. The van der Waals surface area contributed by atoms with Crippen molar-refractivity contribution in [3.8, 4) is 17.5 Å². The molecule has 0 fully saturated rings. The maximum atomic E-state index is 13.7. The van der Waals surface area contributed by atoms with Crippen molar-refractivity contribution in [1.82, 2.24) is 9.78 Å². The van der Waals surface area contributed by atoms with Crippen LogP contribution in [-0.2, 0) is 6.61 Å². The van der Waals surface area contributed by atoms with Gasteiger partial charge in [0.1, 0.15) is 18.5 Å². The first kappa shape index (κ1) is 18.8. The highest BCUT2D eigenvalue weighted by Gasteiger charge is 2.18. The topological polar surface area (TPSA) is 50.8 Å². The molecule has 0 radical (unpaired) electrons. The van der Waals surface area contributed by atoms with Crippen molar-refractivity contribution in [2.75, 3.05) is 0 Å². The minimum atomic E-state index is -1.12. The van der Waals surface area contributed by atoms with E-state index in [1.807, 2.05) is 6.07 Å². The molecule has 0 saturated heterocycles. The van der Waals surface area contributed by atoms with Crippen molar-refractivity contribution in [2.45, 2.75) is 20.5 Å². The molecule has 0 aliphatic carbocycles. The number of benzene rings is 2. The lowest BCUT2D eigenvalue weighted by Crippen LogP contribution is -2.04. The van der Waals surface area contributed by atoms with Crippen LogP contribution in [0.3, 0.4) is 0 Å². The molecule has 8 heteroatoms. The van der Waals surface area contributed by atoms with E-state index in [1.54, 1.807) is 36.7 Å². The van der Waals surface area contributed by atoms with Gasteiger partial charge in [-0.1, -0.05) is 11.6 Å². The fourth-order valence-corrected chi connectivity index (χ4v) is 2.89. The molecule has 0 bridgehead atoms. The Labute approximate surface area is 158 Å². The van der Waals surface area contributed by atoms with Crippen molar-refractivity contribution < 1.29 is 17.9 Å². The molecular weight excluding hydrogens is 379 g/mol. The molecule has 4 nitrogen and oxygen atoms in total. The van der Waals surface area contributed by atoms with Gasteiger partial charge in [0.05, 0.1) is 22.0 Å². The number of aryl methyl sites for hydroxylation is 1. The average Bonchev–Trinajstić information content (AvgIpc) is 2.88. The van der Waals surface area contributed by atoms with Gasteiger partial charge in [-0.15, -0.1) is 0 Å². The fourth-order valence-electron chi connectivity index (χ4n) is 2.67. The summed E-state index contributed by atoms with van der Waals surface area (Å²) in [7, 11) is 0. The van der Waals surface area contributed by atoms with Gasteiger partial charge in [0.25, 0.3) is 0 Å². The van der Waals surface area contributed by atoms with Crippen LogP contribution in [0.4, 0.5) is 13.2 Å². The largest absolute Gasteiger partial charge is 0.483 e. The maximum absolute atomic E-state index is 13.7. The summed E-state index contributed by atoms with van der Waals surface area (Å²) in [5, 5.41) is 13.6. The zero-order chi connectivity index (χ0) is 19.7. The van der Waals surface area contributed by atoms with Crippen molar-refractivity contribution in [3.05, 3.63) is 75.3 Å². The smallest absolute Gasteiger partial charge is 0.191 e. The summed E-state index contributed by atoms with van der Waals surface area (Å²) in [5.41, 5.74) is 2.86. The predicted molar refractivity (Wildman–Crippen MR) is 93.4 cm³/mol. The fraction of sp³-hybridized carbons (Fsp3) is 0.158. The lowest BCUT2D eigenvalue weighted by molar-refractivity contribution is 0.271. The maximum Gasteiger partial charge on any atom is 0.191 e. The number of ether oxygens (including phenoxy) is 1. The Bertz CT molecular complexity index is 1050. The first-order valence-electron chi connectivity index (χ1n) is 7.84. The van der Waals surface area contributed by atoms with Gasteiger partial charge in [-0.25, -0.2) is 17.9 Å². The number of hydrogen-bond donors (Lipinski definition) is 0. The van der Waals surface area contributed by atoms with Crippen LogP contribution in [0.1, 0.15) is 22.5 Å². The van der Waals surface area contributed by atoms with E-state index in [0.29, 0.717) is 40.3 Å². The Hall–Kier alpha value is -2.98. The highest BCUT2D eigenvalue weighted by molar-refractivity contribution is 6.31. The molecule has 1 aromatic heterocycles. The van der Waals surface area contributed by atoms with Gasteiger partial charge in [0.2, 0.25) is 0 Å². The zero-order valence-corrected chi connectivity index (χ0v) is 15.1. The summed E-state index contributed by atoms with van der Waals surface area (Å²) in [6, 6.07) is 7.96. The quantitative estimate of drug-likeness (QED) is 0.628. The van der Waals surface area contributed by atoms with E-state index < -0.39 is 23.2 Å². The molecule has 0 aliphatic rings. The highest BCUT2D eigenvalue weighted by atomic mass is 35.5. The summed E-state index contributed by atoms with van der Waals surface area (Å²) in [4.78, 5) is 0. The second-order valence-electron chi connectivity index (χ2n) is 5.82. The number of hydrogen-bond acceptors (Lipinski definition) is 3. The van der Waals surface area contributed by atoms with Crippen LogP contribution in [-0.4, -0.2) is 9.78 Å². The predicted octanol–water partition coefficient (Wildman–Crippen LogP) is 5.01. The number of rotatable bonds is 4. The third-order valence-electron chi connectivity index (χ3n) is 4.08. The van der Waals surface area contributed by atoms with E-state index in [0.717, 1.165) is 0 Å². The van der Waals surface area contributed by atoms with E-state index in [1.165, 1.54) is 0 Å². The average molecular weight is 392 g/mol. The Balaban J connectivity index is 1.91. The van der Waals surface area contributed by atoms with Crippen LogP contribution in [0.15, 0.2) is 30.3 Å². The Morgan fingerprint density at radius 1 is 1.15 bits per heavy atom. The van der Waals surface area contributed by atoms with Crippen LogP contribution in [0.5, 0.6) is 5.75 Å². The van der Waals surface area contributed by atoms with Crippen LogP contribution in [0, 0.1) is 42.6 Å². The molecule has 0 N–H and O–H groups in total. The monoisotopic (exact) mass is 391 g/mol. The molecule has 0 spiro atoms. The number of nitrogens with zero attached hydrogens (tertiary/aromatic N) is 3. The molecular formula is C19H13ClF3N3O. The summed E-state index contributed by atoms with van der Waals surface area (Å²) in [6.45, 7) is 3.34. The van der Waals surface area contributed by atoms with Crippen LogP contribution in [0.25, 0.3) is 5.69 Å². The molecule has 2 aromatic carbocycles. The standard InChI is InChI=1S/C19H13ClF3N3O/c1-10-15(9-27-19-17(22)5-13(21)6-18(19)23)11(2)26(25-10)14-4-3-12(8-24)16(20)7-14/h3-7H,9H2,1-2H3. The van der Waals surface area contributed by atoms with Crippen molar-refractivity contribution in [1.29, 1.82) is 5.26 Å². The van der Waals surface area contributed by atoms with E-state index in [9.17, 15) is 13.2 Å². The second kappa shape index (κ2) is 7.33. The van der Waals surface area contributed by atoms with Gasteiger partial charge in [-0.2, -0.15) is 10.4 Å². The molecule has 0 saturated carbocycles. The first-order valence-corrected chi connectivity index (χ1v) is 8.22. The molecule has 138 valence electrons.